The molecule has 0 fully saturated rings. The first kappa shape index (κ1) is 11.3. The van der Waals surface area contributed by atoms with Crippen molar-refractivity contribution in [3.63, 3.8) is 0 Å². The number of aryl methyl sites for hydroxylation is 1. The number of aromatic nitrogens is 3. The normalized spacial score (nSPS) is 11.7. The van der Waals surface area contributed by atoms with Gasteiger partial charge in [-0.05, 0) is 0 Å². The van der Waals surface area contributed by atoms with Crippen LogP contribution in [0.1, 0.15) is 11.4 Å². The molecule has 2 aromatic rings. The number of aliphatic imine (C=N–C) groups is 1. The van der Waals surface area contributed by atoms with E-state index in [2.05, 4.69) is 15.1 Å². The standard InChI is InChI=1S/C12H15N5/c1-17-9-15-11(16-17)7-8-14-12(13)10-5-3-2-4-6-10/h2-6,9H,7-8H2,1H3,(H2,13,14). The summed E-state index contributed by atoms with van der Waals surface area (Å²) in [6.07, 6.45) is 2.38. The Morgan fingerprint density at radius 2 is 2.12 bits per heavy atom. The maximum atomic E-state index is 5.87. The SMILES string of the molecule is Cn1cnc(CCN=C(N)c2ccccc2)n1. The first-order chi connectivity index (χ1) is 8.25. The highest BCUT2D eigenvalue weighted by atomic mass is 15.3. The van der Waals surface area contributed by atoms with Crippen LogP contribution in [0.25, 0.3) is 0 Å². The molecule has 88 valence electrons. The third kappa shape index (κ3) is 3.14. The second kappa shape index (κ2) is 5.25. The molecule has 2 N–H and O–H groups in total. The van der Waals surface area contributed by atoms with Crippen LogP contribution in [0.15, 0.2) is 41.7 Å². The summed E-state index contributed by atoms with van der Waals surface area (Å²) in [5, 5.41) is 4.18. The molecule has 0 radical (unpaired) electrons. The van der Waals surface area contributed by atoms with E-state index < -0.39 is 0 Å². The molecule has 1 aromatic heterocycles. The predicted molar refractivity (Wildman–Crippen MR) is 66.7 cm³/mol. The lowest BCUT2D eigenvalue weighted by molar-refractivity contribution is 0.739. The van der Waals surface area contributed by atoms with Gasteiger partial charge in [0.25, 0.3) is 0 Å². The Bertz CT molecular complexity index is 501. The van der Waals surface area contributed by atoms with Gasteiger partial charge in [-0.2, -0.15) is 5.10 Å². The zero-order valence-electron chi connectivity index (χ0n) is 9.74. The molecule has 0 aliphatic heterocycles. The van der Waals surface area contributed by atoms with E-state index in [4.69, 9.17) is 5.73 Å². The van der Waals surface area contributed by atoms with E-state index in [0.29, 0.717) is 18.8 Å². The van der Waals surface area contributed by atoms with Crippen LogP contribution in [0.2, 0.25) is 0 Å². The monoisotopic (exact) mass is 229 g/mol. The first-order valence-electron chi connectivity index (χ1n) is 5.45. The molecule has 0 aliphatic rings. The van der Waals surface area contributed by atoms with E-state index >= 15 is 0 Å². The molecular weight excluding hydrogens is 214 g/mol. The minimum absolute atomic E-state index is 0.557. The Hall–Kier alpha value is -2.17. The minimum atomic E-state index is 0.557. The van der Waals surface area contributed by atoms with Crippen molar-refractivity contribution < 1.29 is 0 Å². The summed E-state index contributed by atoms with van der Waals surface area (Å²) in [6, 6.07) is 9.72. The average Bonchev–Trinajstić information content (AvgIpc) is 2.76. The summed E-state index contributed by atoms with van der Waals surface area (Å²) in [7, 11) is 1.85. The van der Waals surface area contributed by atoms with Crippen molar-refractivity contribution in [3.05, 3.63) is 48.0 Å². The number of amidine groups is 1. The van der Waals surface area contributed by atoms with E-state index in [1.54, 1.807) is 11.0 Å². The van der Waals surface area contributed by atoms with Gasteiger partial charge in [-0.25, -0.2) is 4.98 Å². The maximum absolute atomic E-state index is 5.87. The van der Waals surface area contributed by atoms with Crippen molar-refractivity contribution in [3.8, 4) is 0 Å². The van der Waals surface area contributed by atoms with Crippen LogP contribution in [0.4, 0.5) is 0 Å². The molecule has 5 heteroatoms. The molecule has 0 saturated heterocycles. The minimum Gasteiger partial charge on any atom is -0.384 e. The van der Waals surface area contributed by atoms with Crippen LogP contribution in [0.5, 0.6) is 0 Å². The summed E-state index contributed by atoms with van der Waals surface area (Å²) in [6.45, 7) is 0.602. The van der Waals surface area contributed by atoms with Crippen LogP contribution >= 0.6 is 0 Å². The smallest absolute Gasteiger partial charge is 0.152 e. The van der Waals surface area contributed by atoms with Gasteiger partial charge in [0.1, 0.15) is 12.2 Å². The topological polar surface area (TPSA) is 69.1 Å². The lowest BCUT2D eigenvalue weighted by Crippen LogP contribution is -2.14. The van der Waals surface area contributed by atoms with Gasteiger partial charge in [-0.1, -0.05) is 30.3 Å². The van der Waals surface area contributed by atoms with Gasteiger partial charge in [-0.15, -0.1) is 0 Å². The lowest BCUT2D eigenvalue weighted by Gasteiger charge is -1.99. The molecule has 1 aromatic carbocycles. The van der Waals surface area contributed by atoms with E-state index in [-0.39, 0.29) is 0 Å². The third-order valence-corrected chi connectivity index (χ3v) is 2.33. The molecule has 0 atom stereocenters. The molecule has 0 bridgehead atoms. The Balaban J connectivity index is 1.93. The second-order valence-electron chi connectivity index (χ2n) is 3.72. The number of rotatable bonds is 4. The van der Waals surface area contributed by atoms with Crippen molar-refractivity contribution in [2.24, 2.45) is 17.8 Å². The van der Waals surface area contributed by atoms with Crippen molar-refractivity contribution in [2.75, 3.05) is 6.54 Å². The van der Waals surface area contributed by atoms with Crippen LogP contribution in [0, 0.1) is 0 Å². The maximum Gasteiger partial charge on any atom is 0.152 e. The summed E-state index contributed by atoms with van der Waals surface area (Å²) in [5.41, 5.74) is 6.81. The molecule has 1 heterocycles. The van der Waals surface area contributed by atoms with Crippen molar-refractivity contribution >= 4 is 5.84 Å². The van der Waals surface area contributed by atoms with Gasteiger partial charge in [-0.3, -0.25) is 9.67 Å². The molecule has 17 heavy (non-hydrogen) atoms. The highest BCUT2D eigenvalue weighted by Crippen LogP contribution is 1.98. The van der Waals surface area contributed by atoms with Crippen LogP contribution in [-0.2, 0) is 13.5 Å². The fourth-order valence-corrected chi connectivity index (χ4v) is 1.48. The Morgan fingerprint density at radius 3 is 2.76 bits per heavy atom. The highest BCUT2D eigenvalue weighted by Gasteiger charge is 1.99. The molecule has 0 unspecified atom stereocenters. The van der Waals surface area contributed by atoms with Crippen molar-refractivity contribution in [1.82, 2.24) is 14.8 Å². The zero-order valence-corrected chi connectivity index (χ0v) is 9.74. The number of hydrogen-bond donors (Lipinski definition) is 1. The molecule has 5 nitrogen and oxygen atoms in total. The average molecular weight is 229 g/mol. The molecule has 2 rings (SSSR count). The Labute approximate surface area is 100 Å². The zero-order chi connectivity index (χ0) is 12.1. The van der Waals surface area contributed by atoms with Crippen LogP contribution < -0.4 is 5.73 Å². The fraction of sp³-hybridized carbons (Fsp3) is 0.250. The van der Waals surface area contributed by atoms with Crippen molar-refractivity contribution in [2.45, 2.75) is 6.42 Å². The number of benzene rings is 1. The van der Waals surface area contributed by atoms with Crippen molar-refractivity contribution in [1.29, 1.82) is 0 Å². The fourth-order valence-electron chi connectivity index (χ4n) is 1.48. The van der Waals surface area contributed by atoms with Crippen LogP contribution in [0.3, 0.4) is 0 Å². The molecule has 0 amide bonds. The summed E-state index contributed by atoms with van der Waals surface area (Å²) < 4.78 is 1.68. The lowest BCUT2D eigenvalue weighted by atomic mass is 10.2. The van der Waals surface area contributed by atoms with Gasteiger partial charge in [0.2, 0.25) is 0 Å². The Morgan fingerprint density at radius 1 is 1.35 bits per heavy atom. The number of hydrogen-bond acceptors (Lipinski definition) is 3. The van der Waals surface area contributed by atoms with E-state index in [1.165, 1.54) is 0 Å². The predicted octanol–water partition coefficient (Wildman–Crippen LogP) is 0.763. The Kier molecular flexibility index (Phi) is 3.49. The van der Waals surface area contributed by atoms with E-state index in [0.717, 1.165) is 11.4 Å². The quantitative estimate of drug-likeness (QED) is 0.621. The molecule has 0 aliphatic carbocycles. The van der Waals surface area contributed by atoms with Crippen LogP contribution in [-0.4, -0.2) is 27.1 Å². The highest BCUT2D eigenvalue weighted by molar-refractivity contribution is 5.97. The van der Waals surface area contributed by atoms with Gasteiger partial charge < -0.3 is 5.73 Å². The molecule has 0 saturated carbocycles. The number of nitrogens with zero attached hydrogens (tertiary/aromatic N) is 4. The molecule has 0 spiro atoms. The summed E-state index contributed by atoms with van der Waals surface area (Å²) >= 11 is 0. The van der Waals surface area contributed by atoms with Gasteiger partial charge in [0.05, 0.1) is 0 Å². The largest absolute Gasteiger partial charge is 0.384 e. The van der Waals surface area contributed by atoms with Gasteiger partial charge >= 0.3 is 0 Å². The van der Waals surface area contributed by atoms with Gasteiger partial charge in [0.15, 0.2) is 5.82 Å². The van der Waals surface area contributed by atoms with Gasteiger partial charge in [0, 0.05) is 25.6 Å². The summed E-state index contributed by atoms with van der Waals surface area (Å²) in [5.74, 6) is 1.35. The van der Waals surface area contributed by atoms with E-state index in [1.807, 2.05) is 37.4 Å². The first-order valence-corrected chi connectivity index (χ1v) is 5.45. The number of nitrogens with two attached hydrogens (primary N) is 1. The van der Waals surface area contributed by atoms with E-state index in [9.17, 15) is 0 Å². The second-order valence-corrected chi connectivity index (χ2v) is 3.72. The summed E-state index contributed by atoms with van der Waals surface area (Å²) in [4.78, 5) is 8.43. The molecular formula is C12H15N5. The third-order valence-electron chi connectivity index (χ3n) is 2.33.